The third-order valence-electron chi connectivity index (χ3n) is 6.35. The summed E-state index contributed by atoms with van der Waals surface area (Å²) >= 11 is 1.60. The van der Waals surface area contributed by atoms with E-state index in [9.17, 15) is 19.8 Å². The number of carbonyl (C=O) groups is 2. The number of hydrogen-bond donors (Lipinski definition) is 2. The molecule has 0 aromatic heterocycles. The number of thioether (sulfide) groups is 1. The minimum atomic E-state index is -1.23. The lowest BCUT2D eigenvalue weighted by molar-refractivity contribution is -0.146. The molecule has 0 radical (unpaired) electrons. The van der Waals surface area contributed by atoms with Crippen LogP contribution in [-0.2, 0) is 9.53 Å². The molecule has 38 heavy (non-hydrogen) atoms. The van der Waals surface area contributed by atoms with Gasteiger partial charge in [0.25, 0.3) is 0 Å². The van der Waals surface area contributed by atoms with Gasteiger partial charge in [-0.2, -0.15) is 11.8 Å². The summed E-state index contributed by atoms with van der Waals surface area (Å²) < 4.78 is 5.63. The maximum absolute atomic E-state index is 13.2. The Kier molecular flexibility index (Phi) is 9.85. The van der Waals surface area contributed by atoms with Crippen molar-refractivity contribution in [3.63, 3.8) is 0 Å². The molecule has 0 spiro atoms. The Hall–Kier alpha value is -3.03. The Balaban J connectivity index is 1.90. The van der Waals surface area contributed by atoms with Crippen LogP contribution in [0.25, 0.3) is 5.57 Å². The fourth-order valence-corrected chi connectivity index (χ4v) is 5.75. The summed E-state index contributed by atoms with van der Waals surface area (Å²) in [5.74, 6) is -0.942. The molecule has 2 aromatic carbocycles. The van der Waals surface area contributed by atoms with Crippen LogP contribution in [0, 0.1) is 5.41 Å². The lowest BCUT2D eigenvalue weighted by Gasteiger charge is -2.38. The molecule has 6 nitrogen and oxygen atoms in total. The Morgan fingerprint density at radius 1 is 1.05 bits per heavy atom. The molecular formula is C31H39NO5S. The molecular weight excluding hydrogens is 498 g/mol. The molecule has 204 valence electrons. The largest absolute Gasteiger partial charge is 0.481 e. The second-order valence-corrected chi connectivity index (χ2v) is 12.6. The SMILES string of the molecule is CC(C)SC1C=C(c2ccccc2)C=CC1(CCN(C[C@H](O)c1ccccc1)C(=O)OC(C)(C)C)C(=O)O. The van der Waals surface area contributed by atoms with Crippen LogP contribution in [0.2, 0.25) is 0 Å². The zero-order valence-electron chi connectivity index (χ0n) is 22.8. The van der Waals surface area contributed by atoms with E-state index in [0.717, 1.165) is 11.1 Å². The van der Waals surface area contributed by atoms with E-state index >= 15 is 0 Å². The van der Waals surface area contributed by atoms with E-state index in [0.29, 0.717) is 5.56 Å². The zero-order chi connectivity index (χ0) is 27.9. The van der Waals surface area contributed by atoms with Crippen LogP contribution in [0.3, 0.4) is 0 Å². The Morgan fingerprint density at radius 2 is 1.66 bits per heavy atom. The third-order valence-corrected chi connectivity index (χ3v) is 7.74. The van der Waals surface area contributed by atoms with Crippen molar-refractivity contribution in [2.45, 2.75) is 63.2 Å². The molecule has 7 heteroatoms. The molecule has 0 bridgehead atoms. The number of rotatable bonds is 10. The highest BCUT2D eigenvalue weighted by Gasteiger charge is 2.46. The molecule has 1 amide bonds. The zero-order valence-corrected chi connectivity index (χ0v) is 23.7. The summed E-state index contributed by atoms with van der Waals surface area (Å²) in [4.78, 5) is 27.5. The molecule has 1 aliphatic rings. The number of ether oxygens (including phenoxy) is 1. The summed E-state index contributed by atoms with van der Waals surface area (Å²) in [5.41, 5.74) is 0.717. The quantitative estimate of drug-likeness (QED) is 0.356. The molecule has 0 fully saturated rings. The summed E-state index contributed by atoms with van der Waals surface area (Å²) in [5, 5.41) is 21.3. The average Bonchev–Trinajstić information content (AvgIpc) is 2.86. The van der Waals surface area contributed by atoms with E-state index in [1.54, 1.807) is 50.7 Å². The molecule has 0 heterocycles. The first kappa shape index (κ1) is 29.5. The molecule has 0 aliphatic heterocycles. The molecule has 1 aliphatic carbocycles. The Labute approximate surface area is 230 Å². The molecule has 3 rings (SSSR count). The van der Waals surface area contributed by atoms with Gasteiger partial charge in [0.05, 0.1) is 12.6 Å². The van der Waals surface area contributed by atoms with Crippen molar-refractivity contribution < 1.29 is 24.5 Å². The van der Waals surface area contributed by atoms with Gasteiger partial charge in [-0.15, -0.1) is 0 Å². The fourth-order valence-electron chi connectivity index (χ4n) is 4.40. The summed E-state index contributed by atoms with van der Waals surface area (Å²) in [6.07, 6.45) is 4.34. The molecule has 3 atom stereocenters. The van der Waals surface area contributed by atoms with Crippen LogP contribution >= 0.6 is 11.8 Å². The van der Waals surface area contributed by atoms with E-state index < -0.39 is 29.2 Å². The Morgan fingerprint density at radius 3 is 2.21 bits per heavy atom. The maximum atomic E-state index is 13.2. The highest BCUT2D eigenvalue weighted by atomic mass is 32.2. The van der Waals surface area contributed by atoms with E-state index in [4.69, 9.17) is 4.74 Å². The van der Waals surface area contributed by atoms with Crippen molar-refractivity contribution in [3.05, 3.63) is 90.0 Å². The van der Waals surface area contributed by atoms with Gasteiger partial charge in [0.2, 0.25) is 0 Å². The minimum Gasteiger partial charge on any atom is -0.481 e. The average molecular weight is 538 g/mol. The van der Waals surface area contributed by atoms with Crippen molar-refractivity contribution in [2.75, 3.05) is 13.1 Å². The van der Waals surface area contributed by atoms with E-state index in [-0.39, 0.29) is 30.0 Å². The number of carboxylic acids is 1. The van der Waals surface area contributed by atoms with Gasteiger partial charge in [-0.25, -0.2) is 4.79 Å². The maximum Gasteiger partial charge on any atom is 0.410 e. The number of aliphatic hydroxyl groups excluding tert-OH is 1. The van der Waals surface area contributed by atoms with E-state index in [1.165, 1.54) is 4.90 Å². The van der Waals surface area contributed by atoms with Crippen LogP contribution in [-0.4, -0.2) is 56.4 Å². The van der Waals surface area contributed by atoms with Gasteiger partial charge in [-0.1, -0.05) is 92.7 Å². The van der Waals surface area contributed by atoms with Crippen LogP contribution in [0.1, 0.15) is 58.3 Å². The first-order chi connectivity index (χ1) is 17.9. The van der Waals surface area contributed by atoms with Gasteiger partial charge in [0, 0.05) is 11.8 Å². The van der Waals surface area contributed by atoms with Crippen LogP contribution in [0.4, 0.5) is 4.79 Å². The standard InChI is InChI=1S/C31H39NO5S/c1-22(2)38-27-20-25(23-12-8-6-9-13-23)16-17-31(27,28(34)35)18-19-32(29(36)37-30(3,4)5)21-26(33)24-14-10-7-11-15-24/h6-17,20,22,26-27,33H,18-19,21H2,1-5H3,(H,34,35)/t26-,27?,31?/m0/s1. The van der Waals surface area contributed by atoms with Crippen molar-refractivity contribution in [1.82, 2.24) is 4.90 Å². The number of aliphatic hydroxyl groups is 1. The first-order valence-corrected chi connectivity index (χ1v) is 13.9. The normalized spacial score (nSPS) is 20.1. The summed E-state index contributed by atoms with van der Waals surface area (Å²) in [6.45, 7) is 9.55. The van der Waals surface area contributed by atoms with Crippen LogP contribution in [0.15, 0.2) is 78.9 Å². The second kappa shape index (κ2) is 12.7. The molecule has 0 saturated carbocycles. The smallest absolute Gasteiger partial charge is 0.410 e. The molecule has 2 unspecified atom stereocenters. The van der Waals surface area contributed by atoms with Gasteiger partial charge >= 0.3 is 12.1 Å². The molecule has 2 N–H and O–H groups in total. The van der Waals surface area contributed by atoms with E-state index in [1.807, 2.05) is 60.7 Å². The van der Waals surface area contributed by atoms with Gasteiger partial charge in [0.15, 0.2) is 0 Å². The minimum absolute atomic E-state index is 0.00850. The van der Waals surface area contributed by atoms with Gasteiger partial charge in [-0.3, -0.25) is 4.79 Å². The monoisotopic (exact) mass is 537 g/mol. The van der Waals surface area contributed by atoms with E-state index in [2.05, 4.69) is 13.8 Å². The van der Waals surface area contributed by atoms with Gasteiger partial charge in [0.1, 0.15) is 11.0 Å². The highest BCUT2D eigenvalue weighted by Crippen LogP contribution is 2.44. The summed E-state index contributed by atoms with van der Waals surface area (Å²) in [6, 6.07) is 19.0. The molecule has 0 saturated heterocycles. The number of nitrogens with zero attached hydrogens (tertiary/aromatic N) is 1. The number of carbonyl (C=O) groups excluding carboxylic acids is 1. The number of aliphatic carboxylic acids is 1. The summed E-state index contributed by atoms with van der Waals surface area (Å²) in [7, 11) is 0. The lowest BCUT2D eigenvalue weighted by Crippen LogP contribution is -2.46. The first-order valence-electron chi connectivity index (χ1n) is 13.0. The van der Waals surface area contributed by atoms with Crippen molar-refractivity contribution >= 4 is 29.4 Å². The number of carboxylic acid groups (broad SMARTS) is 1. The Bertz CT molecular complexity index is 1140. The highest BCUT2D eigenvalue weighted by molar-refractivity contribution is 8.00. The number of amides is 1. The third kappa shape index (κ3) is 7.74. The lowest BCUT2D eigenvalue weighted by atomic mass is 9.76. The fraction of sp³-hybridized carbons (Fsp3) is 0.419. The second-order valence-electron chi connectivity index (χ2n) is 10.9. The van der Waals surface area contributed by atoms with Gasteiger partial charge in [-0.05, 0) is 49.1 Å². The predicted molar refractivity (Wildman–Crippen MR) is 154 cm³/mol. The van der Waals surface area contributed by atoms with Crippen LogP contribution in [0.5, 0.6) is 0 Å². The van der Waals surface area contributed by atoms with Crippen molar-refractivity contribution in [2.24, 2.45) is 5.41 Å². The predicted octanol–water partition coefficient (Wildman–Crippen LogP) is 6.58. The number of hydrogen-bond acceptors (Lipinski definition) is 5. The number of allylic oxidation sites excluding steroid dienone is 2. The number of benzene rings is 2. The topological polar surface area (TPSA) is 87.1 Å². The van der Waals surface area contributed by atoms with Gasteiger partial charge < -0.3 is 19.8 Å². The van der Waals surface area contributed by atoms with Crippen LogP contribution < -0.4 is 0 Å². The van der Waals surface area contributed by atoms with Crippen molar-refractivity contribution in [3.8, 4) is 0 Å². The molecule has 2 aromatic rings. The van der Waals surface area contributed by atoms with Crippen molar-refractivity contribution in [1.29, 1.82) is 0 Å².